The first-order valence-electron chi connectivity index (χ1n) is 7.83. The van der Waals surface area contributed by atoms with Crippen molar-refractivity contribution >= 4 is 23.1 Å². The van der Waals surface area contributed by atoms with Crippen LogP contribution in [0, 0.1) is 6.92 Å². The van der Waals surface area contributed by atoms with Crippen LogP contribution in [0.15, 0.2) is 64.4 Å². The standard InChI is InChI=1S/C19H17N3OS/c1-14-6-5-9-16(10-14)21-12-20-19-22(13-21)18(23)17(24-19)11-15-7-3-2-4-8-15/h2-11H,12-13H2,1H3/b17-11-. The molecule has 1 aliphatic heterocycles. The SMILES string of the molecule is Cc1cccc(N2CN=c3s/c(=C\c4ccccc4)c(=O)n3C2)c1. The van der Waals surface area contributed by atoms with Gasteiger partial charge in [-0.3, -0.25) is 9.36 Å². The molecule has 0 bridgehead atoms. The Morgan fingerprint density at radius 1 is 1.12 bits per heavy atom. The Morgan fingerprint density at radius 3 is 2.75 bits per heavy atom. The lowest BCUT2D eigenvalue weighted by molar-refractivity contribution is 0.569. The smallest absolute Gasteiger partial charge is 0.271 e. The van der Waals surface area contributed by atoms with Crippen LogP contribution in [0.25, 0.3) is 6.08 Å². The molecule has 4 rings (SSSR count). The maximum absolute atomic E-state index is 12.7. The van der Waals surface area contributed by atoms with Crippen LogP contribution < -0.4 is 19.8 Å². The molecule has 24 heavy (non-hydrogen) atoms. The van der Waals surface area contributed by atoms with Crippen LogP contribution in [-0.4, -0.2) is 11.2 Å². The minimum Gasteiger partial charge on any atom is -0.334 e. The van der Waals surface area contributed by atoms with Crippen LogP contribution in [0.4, 0.5) is 5.69 Å². The number of rotatable bonds is 2. The van der Waals surface area contributed by atoms with Gasteiger partial charge in [0, 0.05) is 5.69 Å². The van der Waals surface area contributed by atoms with E-state index >= 15 is 0 Å². The summed E-state index contributed by atoms with van der Waals surface area (Å²) in [4.78, 5) is 20.2. The van der Waals surface area contributed by atoms with E-state index in [0.717, 1.165) is 20.6 Å². The lowest BCUT2D eigenvalue weighted by atomic mass is 10.2. The predicted molar refractivity (Wildman–Crippen MR) is 97.9 cm³/mol. The van der Waals surface area contributed by atoms with Crippen molar-refractivity contribution in [2.24, 2.45) is 4.99 Å². The van der Waals surface area contributed by atoms with Crippen LogP contribution in [0.3, 0.4) is 0 Å². The van der Waals surface area contributed by atoms with Gasteiger partial charge in [0.1, 0.15) is 13.3 Å². The van der Waals surface area contributed by atoms with Crippen molar-refractivity contribution in [1.82, 2.24) is 4.57 Å². The summed E-state index contributed by atoms with van der Waals surface area (Å²) in [5, 5.41) is 0. The first kappa shape index (κ1) is 14.9. The van der Waals surface area contributed by atoms with Crippen LogP contribution in [0.2, 0.25) is 0 Å². The zero-order chi connectivity index (χ0) is 16.5. The van der Waals surface area contributed by atoms with Crippen molar-refractivity contribution in [3.63, 3.8) is 0 Å². The molecule has 0 spiro atoms. The van der Waals surface area contributed by atoms with Gasteiger partial charge in [0.2, 0.25) is 0 Å². The number of benzene rings is 2. The number of hydrogen-bond acceptors (Lipinski definition) is 4. The van der Waals surface area contributed by atoms with Gasteiger partial charge in [0.15, 0.2) is 4.80 Å². The molecule has 120 valence electrons. The van der Waals surface area contributed by atoms with E-state index in [9.17, 15) is 4.79 Å². The van der Waals surface area contributed by atoms with Crippen molar-refractivity contribution in [2.75, 3.05) is 11.6 Å². The first-order valence-corrected chi connectivity index (χ1v) is 8.65. The van der Waals surface area contributed by atoms with Gasteiger partial charge in [0.25, 0.3) is 5.56 Å². The Hall–Kier alpha value is -2.66. The first-order chi connectivity index (χ1) is 11.7. The third kappa shape index (κ3) is 2.78. The van der Waals surface area contributed by atoms with Crippen LogP contribution in [0.1, 0.15) is 11.1 Å². The maximum Gasteiger partial charge on any atom is 0.271 e. The summed E-state index contributed by atoms with van der Waals surface area (Å²) < 4.78 is 2.48. The highest BCUT2D eigenvalue weighted by Crippen LogP contribution is 2.17. The molecule has 0 saturated heterocycles. The largest absolute Gasteiger partial charge is 0.334 e. The molecule has 0 atom stereocenters. The molecule has 0 unspecified atom stereocenters. The Bertz CT molecular complexity index is 1050. The number of aromatic nitrogens is 1. The second-order valence-corrected chi connectivity index (χ2v) is 6.87. The highest BCUT2D eigenvalue weighted by Gasteiger charge is 2.15. The van der Waals surface area contributed by atoms with Gasteiger partial charge in [0.05, 0.1) is 4.53 Å². The summed E-state index contributed by atoms with van der Waals surface area (Å²) in [6.45, 7) is 3.19. The summed E-state index contributed by atoms with van der Waals surface area (Å²) in [7, 11) is 0. The molecule has 0 radical (unpaired) electrons. The van der Waals surface area contributed by atoms with Crippen molar-refractivity contribution in [3.8, 4) is 0 Å². The average Bonchev–Trinajstić information content (AvgIpc) is 2.91. The number of aryl methyl sites for hydroxylation is 1. The summed E-state index contributed by atoms with van der Waals surface area (Å²) >= 11 is 1.46. The predicted octanol–water partition coefficient (Wildman–Crippen LogP) is 2.10. The van der Waals surface area contributed by atoms with E-state index in [1.54, 1.807) is 4.57 Å². The number of hydrogen-bond donors (Lipinski definition) is 0. The number of anilines is 1. The number of nitrogens with zero attached hydrogens (tertiary/aromatic N) is 3. The van der Waals surface area contributed by atoms with Crippen molar-refractivity contribution < 1.29 is 0 Å². The molecule has 1 aliphatic rings. The fourth-order valence-corrected chi connectivity index (χ4v) is 3.76. The third-order valence-corrected chi connectivity index (χ3v) is 5.09. The molecule has 3 aromatic rings. The fraction of sp³-hybridized carbons (Fsp3) is 0.158. The van der Waals surface area contributed by atoms with Crippen LogP contribution in [-0.2, 0) is 6.67 Å². The third-order valence-electron chi connectivity index (χ3n) is 4.04. The lowest BCUT2D eigenvalue weighted by Gasteiger charge is -2.25. The second kappa shape index (κ2) is 6.09. The van der Waals surface area contributed by atoms with E-state index in [1.165, 1.54) is 16.9 Å². The zero-order valence-electron chi connectivity index (χ0n) is 13.3. The van der Waals surface area contributed by atoms with Crippen molar-refractivity contribution in [2.45, 2.75) is 13.6 Å². The van der Waals surface area contributed by atoms with Gasteiger partial charge in [-0.15, -0.1) is 0 Å². The van der Waals surface area contributed by atoms with Crippen LogP contribution in [0.5, 0.6) is 0 Å². The molecule has 0 aliphatic carbocycles. The Balaban J connectivity index is 1.73. The fourth-order valence-electron chi connectivity index (χ4n) is 2.80. The number of thiazole rings is 1. The quantitative estimate of drug-likeness (QED) is 0.719. The molecule has 2 aromatic carbocycles. The van der Waals surface area contributed by atoms with E-state index in [-0.39, 0.29) is 5.56 Å². The van der Waals surface area contributed by atoms with Gasteiger partial charge in [-0.1, -0.05) is 53.8 Å². The average molecular weight is 335 g/mol. The molecular formula is C19H17N3OS. The Morgan fingerprint density at radius 2 is 1.96 bits per heavy atom. The summed E-state index contributed by atoms with van der Waals surface area (Å²) in [5.74, 6) is 0. The van der Waals surface area contributed by atoms with Gasteiger partial charge in [-0.25, -0.2) is 4.99 Å². The van der Waals surface area contributed by atoms with E-state index in [1.807, 2.05) is 42.5 Å². The molecule has 0 N–H and O–H groups in total. The Kier molecular flexibility index (Phi) is 3.78. The minimum absolute atomic E-state index is 0.0277. The van der Waals surface area contributed by atoms with E-state index in [4.69, 9.17) is 0 Å². The summed E-state index contributed by atoms with van der Waals surface area (Å²) in [5.41, 5.74) is 3.36. The van der Waals surface area contributed by atoms with E-state index < -0.39 is 0 Å². The van der Waals surface area contributed by atoms with Crippen molar-refractivity contribution in [3.05, 3.63) is 85.4 Å². The Labute approximate surface area is 143 Å². The number of fused-ring (bicyclic) bond motifs is 1. The topological polar surface area (TPSA) is 37.6 Å². The molecule has 4 nitrogen and oxygen atoms in total. The normalized spacial score (nSPS) is 14.4. The van der Waals surface area contributed by atoms with Gasteiger partial charge < -0.3 is 4.90 Å². The lowest BCUT2D eigenvalue weighted by Crippen LogP contribution is -2.42. The monoisotopic (exact) mass is 335 g/mol. The summed E-state index contributed by atoms with van der Waals surface area (Å²) in [6, 6.07) is 18.2. The summed E-state index contributed by atoms with van der Waals surface area (Å²) in [6.07, 6.45) is 1.94. The minimum atomic E-state index is 0.0277. The maximum atomic E-state index is 12.7. The zero-order valence-corrected chi connectivity index (χ0v) is 14.2. The van der Waals surface area contributed by atoms with Gasteiger partial charge in [-0.05, 0) is 36.3 Å². The van der Waals surface area contributed by atoms with Gasteiger partial charge >= 0.3 is 0 Å². The second-order valence-electron chi connectivity index (χ2n) is 5.86. The van der Waals surface area contributed by atoms with E-state index in [2.05, 4.69) is 35.0 Å². The van der Waals surface area contributed by atoms with Crippen LogP contribution >= 0.6 is 11.3 Å². The molecule has 1 aromatic heterocycles. The highest BCUT2D eigenvalue weighted by molar-refractivity contribution is 7.07. The molecule has 0 saturated carbocycles. The molecule has 0 fully saturated rings. The highest BCUT2D eigenvalue weighted by atomic mass is 32.1. The van der Waals surface area contributed by atoms with Gasteiger partial charge in [-0.2, -0.15) is 0 Å². The molecule has 2 heterocycles. The van der Waals surface area contributed by atoms with E-state index in [0.29, 0.717) is 13.3 Å². The molecule has 5 heteroatoms. The van der Waals surface area contributed by atoms with Crippen molar-refractivity contribution in [1.29, 1.82) is 0 Å². The molecule has 0 amide bonds. The molecular weight excluding hydrogens is 318 g/mol.